The molecule has 5 nitrogen and oxygen atoms in total. The molecule has 0 radical (unpaired) electrons. The molecule has 2 aliphatic rings. The van der Waals surface area contributed by atoms with Gasteiger partial charge in [-0.25, -0.2) is 0 Å². The molecule has 0 aromatic rings. The lowest BCUT2D eigenvalue weighted by Crippen LogP contribution is -2.54. The van der Waals surface area contributed by atoms with E-state index < -0.39 is 0 Å². The number of ether oxygens (including phenoxy) is 1. The molecule has 2 saturated heterocycles. The van der Waals surface area contributed by atoms with Crippen molar-refractivity contribution in [1.29, 1.82) is 0 Å². The first kappa shape index (κ1) is 19.3. The van der Waals surface area contributed by atoms with E-state index in [2.05, 4.69) is 35.7 Å². The van der Waals surface area contributed by atoms with Gasteiger partial charge in [-0.05, 0) is 58.5 Å². The van der Waals surface area contributed by atoms with Crippen LogP contribution in [0, 0.1) is 0 Å². The van der Waals surface area contributed by atoms with Gasteiger partial charge in [0.1, 0.15) is 0 Å². The molecule has 0 aliphatic carbocycles. The van der Waals surface area contributed by atoms with Crippen molar-refractivity contribution < 1.29 is 4.74 Å². The molecular formula is C19H36N4O. The van der Waals surface area contributed by atoms with Crippen LogP contribution in [0.25, 0.3) is 0 Å². The summed E-state index contributed by atoms with van der Waals surface area (Å²) in [7, 11) is 2.14. The van der Waals surface area contributed by atoms with Crippen LogP contribution in [0.1, 0.15) is 45.4 Å². The molecule has 1 N–H and O–H groups in total. The molecule has 0 saturated carbocycles. The third-order valence-electron chi connectivity index (χ3n) is 5.32. The molecule has 24 heavy (non-hydrogen) atoms. The second-order valence-corrected chi connectivity index (χ2v) is 7.05. The Hall–Kier alpha value is -1.07. The number of unbranched alkanes of at least 4 members (excludes halogenated alkanes) is 1. The smallest absolute Gasteiger partial charge is 0.193 e. The van der Waals surface area contributed by atoms with Crippen molar-refractivity contribution in [3.05, 3.63) is 12.7 Å². The number of hydrogen-bond acceptors (Lipinski definition) is 3. The number of aliphatic imine (C=N–C) groups is 1. The summed E-state index contributed by atoms with van der Waals surface area (Å²) in [5.74, 6) is 1.03. The summed E-state index contributed by atoms with van der Waals surface area (Å²) < 4.78 is 5.64. The molecular weight excluding hydrogens is 300 g/mol. The van der Waals surface area contributed by atoms with E-state index in [1.807, 2.05) is 6.08 Å². The normalized spacial score (nSPS) is 21.7. The second-order valence-electron chi connectivity index (χ2n) is 7.05. The van der Waals surface area contributed by atoms with Gasteiger partial charge >= 0.3 is 0 Å². The highest BCUT2D eigenvalue weighted by Crippen LogP contribution is 2.31. The van der Waals surface area contributed by atoms with E-state index in [0.29, 0.717) is 0 Å². The fourth-order valence-corrected chi connectivity index (χ4v) is 3.79. The number of hydrogen-bond donors (Lipinski definition) is 1. The quantitative estimate of drug-likeness (QED) is 0.320. The number of allylic oxidation sites excluding steroid dienone is 1. The van der Waals surface area contributed by atoms with E-state index in [1.165, 1.54) is 25.9 Å². The maximum Gasteiger partial charge on any atom is 0.193 e. The highest BCUT2D eigenvalue weighted by molar-refractivity contribution is 5.79. The fourth-order valence-electron chi connectivity index (χ4n) is 3.79. The summed E-state index contributed by atoms with van der Waals surface area (Å²) in [4.78, 5) is 9.98. The molecule has 2 rings (SSSR count). The Labute approximate surface area is 148 Å². The molecule has 0 unspecified atom stereocenters. The average molecular weight is 337 g/mol. The molecule has 2 fully saturated rings. The molecule has 5 heteroatoms. The average Bonchev–Trinajstić information content (AvgIpc) is 3.15. The molecule has 0 aromatic heterocycles. The molecule has 0 amide bonds. The van der Waals surface area contributed by atoms with Crippen molar-refractivity contribution in [2.24, 2.45) is 4.99 Å². The van der Waals surface area contributed by atoms with Crippen molar-refractivity contribution in [2.45, 2.75) is 51.0 Å². The van der Waals surface area contributed by atoms with Crippen LogP contribution in [0.4, 0.5) is 0 Å². The number of rotatable bonds is 8. The first-order valence-electron chi connectivity index (χ1n) is 9.65. The van der Waals surface area contributed by atoms with Gasteiger partial charge in [0.15, 0.2) is 5.96 Å². The van der Waals surface area contributed by atoms with Crippen LogP contribution in [-0.2, 0) is 4.74 Å². The minimum Gasteiger partial charge on any atom is -0.381 e. The van der Waals surface area contributed by atoms with Gasteiger partial charge in [-0.2, -0.15) is 0 Å². The van der Waals surface area contributed by atoms with Gasteiger partial charge in [0.05, 0.1) is 6.54 Å². The second kappa shape index (κ2) is 10.0. The van der Waals surface area contributed by atoms with E-state index in [-0.39, 0.29) is 5.54 Å². The van der Waals surface area contributed by atoms with E-state index in [4.69, 9.17) is 9.73 Å². The molecule has 0 atom stereocenters. The lowest BCUT2D eigenvalue weighted by molar-refractivity contribution is -0.0139. The van der Waals surface area contributed by atoms with Gasteiger partial charge in [-0.3, -0.25) is 9.89 Å². The minimum atomic E-state index is 0.206. The Morgan fingerprint density at radius 2 is 2.04 bits per heavy atom. The van der Waals surface area contributed by atoms with E-state index in [0.717, 1.165) is 64.5 Å². The number of nitrogens with zero attached hydrogens (tertiary/aromatic N) is 3. The highest BCUT2D eigenvalue weighted by Gasteiger charge is 2.39. The Bertz CT molecular complexity index is 398. The van der Waals surface area contributed by atoms with Gasteiger partial charge in [0.2, 0.25) is 0 Å². The summed E-state index contributed by atoms with van der Waals surface area (Å²) in [5.41, 5.74) is 0.206. The van der Waals surface area contributed by atoms with Gasteiger partial charge in [0, 0.05) is 38.9 Å². The largest absolute Gasteiger partial charge is 0.381 e. The van der Waals surface area contributed by atoms with Crippen LogP contribution >= 0.6 is 0 Å². The SMILES string of the molecule is C=CCCCN(C)C(=NCC1(N2CCCC2)CCOCC1)NCC. The number of likely N-dealkylation sites (tertiary alicyclic amines) is 1. The van der Waals surface area contributed by atoms with Crippen LogP contribution in [0.15, 0.2) is 17.6 Å². The Morgan fingerprint density at radius 1 is 1.33 bits per heavy atom. The summed E-state index contributed by atoms with van der Waals surface area (Å²) in [5, 5.41) is 3.46. The van der Waals surface area contributed by atoms with Crippen LogP contribution in [-0.4, -0.2) is 74.3 Å². The number of nitrogens with one attached hydrogen (secondary N) is 1. The predicted molar refractivity (Wildman–Crippen MR) is 102 cm³/mol. The molecule has 0 aromatic carbocycles. The molecule has 138 valence electrons. The topological polar surface area (TPSA) is 40.1 Å². The lowest BCUT2D eigenvalue weighted by Gasteiger charge is -2.43. The zero-order valence-electron chi connectivity index (χ0n) is 15.7. The molecule has 0 spiro atoms. The monoisotopic (exact) mass is 336 g/mol. The van der Waals surface area contributed by atoms with Crippen LogP contribution < -0.4 is 5.32 Å². The van der Waals surface area contributed by atoms with E-state index >= 15 is 0 Å². The molecule has 2 heterocycles. The summed E-state index contributed by atoms with van der Waals surface area (Å²) in [6.07, 6.45) is 9.03. The fraction of sp³-hybridized carbons (Fsp3) is 0.842. The zero-order chi connectivity index (χ0) is 17.3. The van der Waals surface area contributed by atoms with Crippen LogP contribution in [0.3, 0.4) is 0 Å². The van der Waals surface area contributed by atoms with Gasteiger partial charge in [-0.1, -0.05) is 6.08 Å². The van der Waals surface area contributed by atoms with Crippen molar-refractivity contribution >= 4 is 5.96 Å². The van der Waals surface area contributed by atoms with E-state index in [1.54, 1.807) is 0 Å². The van der Waals surface area contributed by atoms with Gasteiger partial charge < -0.3 is 15.0 Å². The first-order valence-corrected chi connectivity index (χ1v) is 9.65. The minimum absolute atomic E-state index is 0.206. The van der Waals surface area contributed by atoms with E-state index in [9.17, 15) is 0 Å². The van der Waals surface area contributed by atoms with Crippen molar-refractivity contribution in [3.8, 4) is 0 Å². The van der Waals surface area contributed by atoms with Gasteiger partial charge in [-0.15, -0.1) is 6.58 Å². The molecule has 2 aliphatic heterocycles. The summed E-state index contributed by atoms with van der Waals surface area (Å²) >= 11 is 0. The van der Waals surface area contributed by atoms with Crippen molar-refractivity contribution in [1.82, 2.24) is 15.1 Å². The van der Waals surface area contributed by atoms with Crippen molar-refractivity contribution in [3.63, 3.8) is 0 Å². The maximum atomic E-state index is 5.64. The van der Waals surface area contributed by atoms with Gasteiger partial charge in [0.25, 0.3) is 0 Å². The Kier molecular flexibility index (Phi) is 8.06. The summed E-state index contributed by atoms with van der Waals surface area (Å²) in [6, 6.07) is 0. The summed E-state index contributed by atoms with van der Waals surface area (Å²) in [6.45, 7) is 12.9. The molecule has 0 bridgehead atoms. The zero-order valence-corrected chi connectivity index (χ0v) is 15.7. The van der Waals surface area contributed by atoms with Crippen molar-refractivity contribution in [2.75, 3.05) is 53.0 Å². The lowest BCUT2D eigenvalue weighted by atomic mass is 9.88. The first-order chi connectivity index (χ1) is 11.7. The van der Waals surface area contributed by atoms with Crippen LogP contribution in [0.2, 0.25) is 0 Å². The highest BCUT2D eigenvalue weighted by atomic mass is 16.5. The predicted octanol–water partition coefficient (Wildman–Crippen LogP) is 2.49. The maximum absolute atomic E-state index is 5.64. The third-order valence-corrected chi connectivity index (χ3v) is 5.32. The van der Waals surface area contributed by atoms with Crippen LogP contribution in [0.5, 0.6) is 0 Å². The Balaban J connectivity index is 2.03. The Morgan fingerprint density at radius 3 is 2.67 bits per heavy atom. The number of guanidine groups is 1. The standard InChI is InChI=1S/C19H36N4O/c1-4-6-7-12-22(3)18(20-5-2)21-17-19(10-15-24-16-11-19)23-13-8-9-14-23/h4H,1,5-17H2,2-3H3,(H,20,21). The third kappa shape index (κ3) is 5.21.